The summed E-state index contributed by atoms with van der Waals surface area (Å²) in [5, 5.41) is 26.6. The van der Waals surface area contributed by atoms with Gasteiger partial charge in [-0.25, -0.2) is 18.9 Å². The fraction of sp³-hybridized carbons (Fsp3) is 0.370. The number of nitrogens with zero attached hydrogens (tertiary/aromatic N) is 3. The SMILES string of the molecule is CC(O)(CN1Cc2cc(O)ccc2C12OC(=O)C=CC(=O)O2)N1CCC(c2noc3cc(F)ccc23)CC1.O. The molecule has 0 bridgehead atoms. The van der Waals surface area contributed by atoms with Crippen LogP contribution in [0.15, 0.2) is 53.1 Å². The van der Waals surface area contributed by atoms with Gasteiger partial charge in [0.2, 0.25) is 0 Å². The van der Waals surface area contributed by atoms with Crippen molar-refractivity contribution in [3.63, 3.8) is 0 Å². The highest BCUT2D eigenvalue weighted by Crippen LogP contribution is 2.45. The van der Waals surface area contributed by atoms with E-state index in [1.807, 2.05) is 4.90 Å². The van der Waals surface area contributed by atoms with Gasteiger partial charge in [-0.1, -0.05) is 5.16 Å². The number of carbonyl (C=O) groups excluding carboxylic acids is 2. The van der Waals surface area contributed by atoms with Gasteiger partial charge in [0, 0.05) is 55.7 Å². The number of carbonyl (C=O) groups is 2. The second-order valence-corrected chi connectivity index (χ2v) is 10.1. The average molecular weight is 542 g/mol. The number of ether oxygens (including phenoxy) is 2. The van der Waals surface area contributed by atoms with Crippen molar-refractivity contribution in [3.8, 4) is 5.75 Å². The number of fused-ring (bicyclic) bond motifs is 3. The molecule has 11 nitrogen and oxygen atoms in total. The smallest absolute Gasteiger partial charge is 0.350 e. The van der Waals surface area contributed by atoms with E-state index in [2.05, 4.69) is 5.16 Å². The predicted octanol–water partition coefficient (Wildman–Crippen LogP) is 2.02. The Balaban J connectivity index is 0.00000308. The Hall–Kier alpha value is -3.84. The van der Waals surface area contributed by atoms with Gasteiger partial charge in [0.25, 0.3) is 0 Å². The summed E-state index contributed by atoms with van der Waals surface area (Å²) < 4.78 is 30.2. The van der Waals surface area contributed by atoms with Crippen LogP contribution in [0.3, 0.4) is 0 Å². The van der Waals surface area contributed by atoms with Crippen molar-refractivity contribution in [2.75, 3.05) is 19.6 Å². The number of piperidine rings is 1. The first kappa shape index (κ1) is 26.8. The van der Waals surface area contributed by atoms with Crippen LogP contribution in [-0.2, 0) is 31.5 Å². The summed E-state index contributed by atoms with van der Waals surface area (Å²) in [6.07, 6.45) is 3.36. The molecular weight excluding hydrogens is 513 g/mol. The van der Waals surface area contributed by atoms with E-state index in [-0.39, 0.29) is 36.1 Å². The second kappa shape index (κ2) is 9.72. The zero-order valence-corrected chi connectivity index (χ0v) is 21.1. The van der Waals surface area contributed by atoms with Gasteiger partial charge in [-0.3, -0.25) is 4.90 Å². The molecule has 39 heavy (non-hydrogen) atoms. The molecule has 3 aliphatic rings. The number of hydrogen-bond donors (Lipinski definition) is 2. The molecule has 206 valence electrons. The summed E-state index contributed by atoms with van der Waals surface area (Å²) in [7, 11) is 0. The molecule has 1 atom stereocenters. The minimum atomic E-state index is -1.88. The fourth-order valence-electron chi connectivity index (χ4n) is 5.72. The Labute approximate surface area is 222 Å². The lowest BCUT2D eigenvalue weighted by atomic mass is 9.90. The topological polar surface area (TPSA) is 157 Å². The molecule has 0 aliphatic carbocycles. The summed E-state index contributed by atoms with van der Waals surface area (Å²) in [5.74, 6) is -3.69. The van der Waals surface area contributed by atoms with Crippen LogP contribution in [0.2, 0.25) is 0 Å². The molecule has 1 unspecified atom stereocenters. The van der Waals surface area contributed by atoms with Crippen molar-refractivity contribution in [2.45, 2.75) is 43.9 Å². The summed E-state index contributed by atoms with van der Waals surface area (Å²) in [6.45, 7) is 2.86. The van der Waals surface area contributed by atoms with Crippen molar-refractivity contribution in [1.29, 1.82) is 0 Å². The highest BCUT2D eigenvalue weighted by atomic mass is 19.1. The highest BCUT2D eigenvalue weighted by molar-refractivity contribution is 5.93. The number of benzene rings is 2. The van der Waals surface area contributed by atoms with Crippen molar-refractivity contribution in [2.24, 2.45) is 0 Å². The van der Waals surface area contributed by atoms with E-state index in [1.165, 1.54) is 24.3 Å². The van der Waals surface area contributed by atoms with Gasteiger partial charge in [0.1, 0.15) is 17.3 Å². The van der Waals surface area contributed by atoms with E-state index in [9.17, 15) is 24.2 Å². The standard InChI is InChI=1S/C27H26FN3O7.H2O/c1-26(35,30-10-8-16(9-11-30)25-20-4-2-18(28)13-22(20)38-29-25)15-31-14-17-12-19(32)3-5-21(17)27(31)36-23(33)6-7-24(34)37-27;/h2-7,12-13,16,32,35H,8-11,14-15H2,1H3;1H2. The zero-order chi connectivity index (χ0) is 26.7. The van der Waals surface area contributed by atoms with Gasteiger partial charge in [-0.05, 0) is 55.7 Å². The minimum absolute atomic E-state index is 0. The predicted molar refractivity (Wildman–Crippen MR) is 133 cm³/mol. The maximum Gasteiger partial charge on any atom is 0.350 e. The number of halogens is 1. The Morgan fingerprint density at radius 2 is 1.79 bits per heavy atom. The van der Waals surface area contributed by atoms with E-state index in [4.69, 9.17) is 14.0 Å². The monoisotopic (exact) mass is 541 g/mol. The molecule has 12 heteroatoms. The van der Waals surface area contributed by atoms with Crippen molar-refractivity contribution < 1.29 is 43.7 Å². The maximum atomic E-state index is 13.5. The molecular formula is C27H28FN3O8. The van der Waals surface area contributed by atoms with E-state index >= 15 is 0 Å². The van der Waals surface area contributed by atoms with Crippen LogP contribution in [0.25, 0.3) is 11.0 Å². The van der Waals surface area contributed by atoms with Gasteiger partial charge >= 0.3 is 17.8 Å². The van der Waals surface area contributed by atoms with Gasteiger partial charge in [-0.15, -0.1) is 0 Å². The molecule has 3 aliphatic heterocycles. The van der Waals surface area contributed by atoms with Gasteiger partial charge in [0.05, 0.1) is 11.3 Å². The van der Waals surface area contributed by atoms with Crippen LogP contribution in [0.4, 0.5) is 4.39 Å². The first-order chi connectivity index (χ1) is 18.1. The fourth-order valence-corrected chi connectivity index (χ4v) is 5.72. The third-order valence-corrected chi connectivity index (χ3v) is 7.56. The Morgan fingerprint density at radius 1 is 1.10 bits per heavy atom. The van der Waals surface area contributed by atoms with Crippen LogP contribution in [0, 0.1) is 5.82 Å². The quantitative estimate of drug-likeness (QED) is 0.468. The molecule has 1 fully saturated rings. The molecule has 1 saturated heterocycles. The summed E-state index contributed by atoms with van der Waals surface area (Å²) in [4.78, 5) is 28.3. The van der Waals surface area contributed by atoms with Crippen LogP contribution in [0.1, 0.15) is 42.5 Å². The number of likely N-dealkylation sites (tertiary alicyclic amines) is 1. The number of rotatable bonds is 4. The van der Waals surface area contributed by atoms with Crippen LogP contribution in [0.5, 0.6) is 5.75 Å². The van der Waals surface area contributed by atoms with Crippen LogP contribution in [-0.4, -0.2) is 67.9 Å². The number of esters is 2. The van der Waals surface area contributed by atoms with Crippen molar-refractivity contribution in [1.82, 2.24) is 15.0 Å². The number of aromatic nitrogens is 1. The highest BCUT2D eigenvalue weighted by Gasteiger charge is 2.55. The molecule has 1 aromatic heterocycles. The van der Waals surface area contributed by atoms with E-state index in [0.29, 0.717) is 42.6 Å². The number of phenolic OH excluding ortho intramolecular Hbond substituents is 1. The summed E-state index contributed by atoms with van der Waals surface area (Å²) >= 11 is 0. The lowest BCUT2D eigenvalue weighted by Crippen LogP contribution is -2.59. The van der Waals surface area contributed by atoms with Crippen LogP contribution >= 0.6 is 0 Å². The molecule has 6 rings (SSSR count). The van der Waals surface area contributed by atoms with Crippen LogP contribution < -0.4 is 0 Å². The number of phenols is 1. The zero-order valence-electron chi connectivity index (χ0n) is 21.1. The molecule has 2 aromatic carbocycles. The lowest BCUT2D eigenvalue weighted by molar-refractivity contribution is -0.298. The Morgan fingerprint density at radius 3 is 2.49 bits per heavy atom. The molecule has 0 amide bonds. The van der Waals surface area contributed by atoms with Gasteiger partial charge in [0.15, 0.2) is 5.58 Å². The van der Waals surface area contributed by atoms with Crippen molar-refractivity contribution >= 4 is 22.9 Å². The summed E-state index contributed by atoms with van der Waals surface area (Å²) in [6, 6.07) is 8.87. The third kappa shape index (κ3) is 4.65. The maximum absolute atomic E-state index is 13.5. The number of hydrogen-bond acceptors (Lipinski definition) is 10. The number of aromatic hydroxyl groups is 1. The van der Waals surface area contributed by atoms with E-state index < -0.39 is 23.6 Å². The number of β-amino-alcohol motifs (C(OH)–C–C–N with tert-alkyl or cyclic N) is 1. The van der Waals surface area contributed by atoms with Gasteiger partial charge < -0.3 is 29.7 Å². The van der Waals surface area contributed by atoms with Crippen molar-refractivity contribution in [3.05, 3.63) is 71.2 Å². The Bertz CT molecular complexity index is 1440. The summed E-state index contributed by atoms with van der Waals surface area (Å²) in [5.41, 5.74) is 0.801. The Kier molecular flexibility index (Phi) is 6.67. The van der Waals surface area contributed by atoms with E-state index in [1.54, 1.807) is 24.0 Å². The molecule has 0 saturated carbocycles. The average Bonchev–Trinajstić information content (AvgIpc) is 3.35. The lowest BCUT2D eigenvalue weighted by Gasteiger charge is -2.45. The molecule has 1 spiro atoms. The number of aliphatic hydroxyl groups is 1. The second-order valence-electron chi connectivity index (χ2n) is 10.1. The third-order valence-electron chi connectivity index (χ3n) is 7.56. The molecule has 3 aromatic rings. The first-order valence-corrected chi connectivity index (χ1v) is 12.4. The van der Waals surface area contributed by atoms with Gasteiger partial charge in [-0.2, -0.15) is 0 Å². The minimum Gasteiger partial charge on any atom is -0.508 e. The molecule has 0 radical (unpaired) electrons. The normalized spacial score (nSPS) is 21.2. The van der Waals surface area contributed by atoms with E-state index in [0.717, 1.165) is 23.2 Å². The first-order valence-electron chi connectivity index (χ1n) is 12.4. The molecule has 4 N–H and O–H groups in total. The largest absolute Gasteiger partial charge is 0.508 e. The molecule has 4 heterocycles.